The van der Waals surface area contributed by atoms with E-state index in [2.05, 4.69) is 0 Å². The number of carboxylic acids is 1. The van der Waals surface area contributed by atoms with Crippen LogP contribution in [0.4, 0.5) is 0 Å². The van der Waals surface area contributed by atoms with E-state index in [-0.39, 0.29) is 17.3 Å². The highest BCUT2D eigenvalue weighted by Crippen LogP contribution is 2.14. The summed E-state index contributed by atoms with van der Waals surface area (Å²) in [6.07, 6.45) is 1.09. The Bertz CT molecular complexity index is 493. The van der Waals surface area contributed by atoms with Gasteiger partial charge in [-0.3, -0.25) is 9.00 Å². The van der Waals surface area contributed by atoms with Crippen molar-refractivity contribution in [1.82, 2.24) is 0 Å². The highest BCUT2D eigenvalue weighted by atomic mass is 32.2. The molecule has 0 radical (unpaired) electrons. The third-order valence-electron chi connectivity index (χ3n) is 2.56. The van der Waals surface area contributed by atoms with Crippen LogP contribution in [-0.2, 0) is 26.1 Å². The summed E-state index contributed by atoms with van der Waals surface area (Å²) in [5, 5.41) is 8.01. The van der Waals surface area contributed by atoms with E-state index >= 15 is 0 Å². The second kappa shape index (κ2) is 7.84. The highest BCUT2D eigenvalue weighted by Gasteiger charge is 2.26. The van der Waals surface area contributed by atoms with Gasteiger partial charge in [0.25, 0.3) is 0 Å². The van der Waals surface area contributed by atoms with Gasteiger partial charge in [0.1, 0.15) is 11.0 Å². The van der Waals surface area contributed by atoms with Gasteiger partial charge in [-0.05, 0) is 25.0 Å². The van der Waals surface area contributed by atoms with E-state index in [1.165, 1.54) is 12.1 Å². The quantitative estimate of drug-likeness (QED) is 0.738. The maximum absolute atomic E-state index is 12.1. The van der Waals surface area contributed by atoms with Crippen LogP contribution < -0.4 is 0 Å². The number of carbonyl (C=O) groups excluding carboxylic acids is 1. The number of hydrogen-bond acceptors (Lipinski definition) is 5. The number of carbonyl (C=O) groups is 2. The highest BCUT2D eigenvalue weighted by molar-refractivity contribution is 7.85. The van der Waals surface area contributed by atoms with Crippen LogP contribution in [0.2, 0.25) is 0 Å². The van der Waals surface area contributed by atoms with Gasteiger partial charge < -0.3 is 14.3 Å². The summed E-state index contributed by atoms with van der Waals surface area (Å²) in [7, 11) is -1.50. The summed E-state index contributed by atoms with van der Waals surface area (Å²) in [5.74, 6) is -1.61. The zero-order valence-corrected chi connectivity index (χ0v) is 12.3. The molecule has 1 heterocycles. The molecule has 1 rings (SSSR count). The lowest BCUT2D eigenvalue weighted by atomic mass is 10.3. The molecular weight excluding hydrogens is 284 g/mol. The van der Waals surface area contributed by atoms with Gasteiger partial charge in [0, 0.05) is 10.8 Å². The first-order valence-electron chi connectivity index (χ1n) is 6.35. The van der Waals surface area contributed by atoms with Gasteiger partial charge in [-0.25, -0.2) is 4.79 Å². The summed E-state index contributed by atoms with van der Waals surface area (Å²) >= 11 is 0. The lowest BCUT2D eigenvalue weighted by molar-refractivity contribution is -0.143. The first-order chi connectivity index (χ1) is 9.49. The molecule has 20 heavy (non-hydrogen) atoms. The zero-order valence-electron chi connectivity index (χ0n) is 11.5. The minimum atomic E-state index is -1.50. The Morgan fingerprint density at radius 2 is 2.10 bits per heavy atom. The molecule has 0 spiro atoms. The number of rotatable bonds is 8. The molecule has 7 heteroatoms. The molecule has 0 aromatic carbocycles. The second-order valence-electron chi connectivity index (χ2n) is 4.16. The minimum Gasteiger partial charge on any atom is -0.475 e. The van der Waals surface area contributed by atoms with Gasteiger partial charge in [-0.1, -0.05) is 13.8 Å². The summed E-state index contributed by atoms with van der Waals surface area (Å²) in [4.78, 5) is 22.4. The first-order valence-corrected chi connectivity index (χ1v) is 7.73. The molecule has 0 aliphatic heterocycles. The standard InChI is InChI=1S/C13H18O6S/c1-3-7-18-13(16)11(4-2)20(17)8-9-5-6-10(19-9)12(14)15/h5-6,11H,3-4,7-8H2,1-2H3,(H,14,15). The fourth-order valence-electron chi connectivity index (χ4n) is 1.57. The van der Waals surface area contributed by atoms with Crippen molar-refractivity contribution in [3.63, 3.8) is 0 Å². The largest absolute Gasteiger partial charge is 0.475 e. The average Bonchev–Trinajstić information content (AvgIpc) is 2.85. The van der Waals surface area contributed by atoms with E-state index in [0.29, 0.717) is 19.4 Å². The van der Waals surface area contributed by atoms with Gasteiger partial charge >= 0.3 is 11.9 Å². The molecule has 2 unspecified atom stereocenters. The maximum Gasteiger partial charge on any atom is 0.371 e. The van der Waals surface area contributed by atoms with Crippen LogP contribution in [0.15, 0.2) is 16.5 Å². The molecule has 112 valence electrons. The molecule has 0 fully saturated rings. The van der Waals surface area contributed by atoms with Crippen LogP contribution in [0.3, 0.4) is 0 Å². The molecule has 2 atom stereocenters. The van der Waals surface area contributed by atoms with E-state index in [0.717, 1.165) is 0 Å². The Kier molecular flexibility index (Phi) is 6.44. The van der Waals surface area contributed by atoms with Crippen LogP contribution in [0.25, 0.3) is 0 Å². The Balaban J connectivity index is 2.66. The smallest absolute Gasteiger partial charge is 0.371 e. The minimum absolute atomic E-state index is 0.00693. The van der Waals surface area contributed by atoms with Gasteiger partial charge in [0.15, 0.2) is 0 Å². The van der Waals surface area contributed by atoms with Gasteiger partial charge in [-0.15, -0.1) is 0 Å². The predicted molar refractivity (Wildman–Crippen MR) is 72.8 cm³/mol. The van der Waals surface area contributed by atoms with Crippen molar-refractivity contribution in [2.75, 3.05) is 6.61 Å². The van der Waals surface area contributed by atoms with Crippen LogP contribution in [-0.4, -0.2) is 33.1 Å². The number of furan rings is 1. The number of ether oxygens (including phenoxy) is 1. The van der Waals surface area contributed by atoms with Crippen molar-refractivity contribution in [3.8, 4) is 0 Å². The topological polar surface area (TPSA) is 93.8 Å². The van der Waals surface area contributed by atoms with Crippen molar-refractivity contribution in [3.05, 3.63) is 23.7 Å². The molecular formula is C13H18O6S. The number of carboxylic acid groups (broad SMARTS) is 1. The summed E-state index contributed by atoms with van der Waals surface area (Å²) < 4.78 is 22.1. The van der Waals surface area contributed by atoms with Crippen LogP contribution in [0, 0.1) is 0 Å². The van der Waals surface area contributed by atoms with Crippen molar-refractivity contribution in [2.24, 2.45) is 0 Å². The second-order valence-corrected chi connectivity index (χ2v) is 5.78. The molecule has 0 saturated heterocycles. The molecule has 0 bridgehead atoms. The number of esters is 1. The monoisotopic (exact) mass is 302 g/mol. The van der Waals surface area contributed by atoms with E-state index in [9.17, 15) is 13.8 Å². The molecule has 1 aromatic heterocycles. The lowest BCUT2D eigenvalue weighted by Gasteiger charge is -2.12. The van der Waals surface area contributed by atoms with E-state index in [1.807, 2.05) is 6.92 Å². The normalized spacial score (nSPS) is 13.7. The van der Waals surface area contributed by atoms with Crippen LogP contribution >= 0.6 is 0 Å². The third kappa shape index (κ3) is 4.48. The summed E-state index contributed by atoms with van der Waals surface area (Å²) in [5.41, 5.74) is 0. The lowest BCUT2D eigenvalue weighted by Crippen LogP contribution is -2.28. The van der Waals surface area contributed by atoms with Gasteiger partial charge in [-0.2, -0.15) is 0 Å². The third-order valence-corrected chi connectivity index (χ3v) is 4.29. The molecule has 0 aliphatic rings. The van der Waals surface area contributed by atoms with E-state index in [1.54, 1.807) is 6.92 Å². The van der Waals surface area contributed by atoms with Crippen molar-refractivity contribution in [1.29, 1.82) is 0 Å². The van der Waals surface area contributed by atoms with Gasteiger partial charge in [0.05, 0.1) is 12.4 Å². The fourth-order valence-corrected chi connectivity index (χ4v) is 2.86. The number of hydrogen-bond donors (Lipinski definition) is 1. The predicted octanol–water partition coefficient (Wildman–Crippen LogP) is 1.96. The summed E-state index contributed by atoms with van der Waals surface area (Å²) in [6.45, 7) is 3.93. The Labute approximate surface area is 119 Å². The Hall–Kier alpha value is -1.63. The molecule has 1 N–H and O–H groups in total. The molecule has 1 aromatic rings. The molecule has 0 aliphatic carbocycles. The van der Waals surface area contributed by atoms with Crippen LogP contribution in [0.5, 0.6) is 0 Å². The Morgan fingerprint density at radius 1 is 1.40 bits per heavy atom. The molecule has 0 amide bonds. The van der Waals surface area contributed by atoms with Crippen molar-refractivity contribution >= 4 is 22.7 Å². The van der Waals surface area contributed by atoms with E-state index in [4.69, 9.17) is 14.3 Å². The molecule has 6 nitrogen and oxygen atoms in total. The first kappa shape index (κ1) is 16.4. The fraction of sp³-hybridized carbons (Fsp3) is 0.538. The van der Waals surface area contributed by atoms with Gasteiger partial charge in [0.2, 0.25) is 5.76 Å². The summed E-state index contributed by atoms with van der Waals surface area (Å²) in [6, 6.07) is 2.75. The van der Waals surface area contributed by atoms with E-state index < -0.39 is 28.0 Å². The zero-order chi connectivity index (χ0) is 15.1. The van der Waals surface area contributed by atoms with Crippen LogP contribution in [0.1, 0.15) is 43.0 Å². The Morgan fingerprint density at radius 3 is 2.60 bits per heavy atom. The average molecular weight is 302 g/mol. The number of aromatic carboxylic acids is 1. The molecule has 0 saturated carbocycles. The van der Waals surface area contributed by atoms with Crippen molar-refractivity contribution in [2.45, 2.75) is 37.7 Å². The maximum atomic E-state index is 12.1. The SMILES string of the molecule is CCCOC(=O)C(CC)S(=O)Cc1ccc(C(=O)O)o1. The van der Waals surface area contributed by atoms with Crippen molar-refractivity contribution < 1.29 is 28.1 Å².